The Morgan fingerprint density at radius 2 is 1.70 bits per heavy atom. The normalized spacial score (nSPS) is 17.3. The second-order valence-corrected chi connectivity index (χ2v) is 22.5. The maximum Gasteiger partial charge on any atom is 0.283 e. The molecule has 2 aliphatic carbocycles. The third-order valence-electron chi connectivity index (χ3n) is 14.7. The van der Waals surface area contributed by atoms with E-state index in [2.05, 4.69) is 63.7 Å². The van der Waals surface area contributed by atoms with Crippen molar-refractivity contribution in [3.63, 3.8) is 0 Å². The standard InChI is InChI=1S/C28H35BrN4O2.C27H35FN4O3S.C2H6/c1-35-17-6-2-3-8-19(15-16-30)20-13-14-23-25(18-20)32(21-9-4-5-10-21)28-31-27(34)26-22(29)11-7-12-24(26)33(23)28;1-17-22(36-16-31-17)19-9-7-18(8-10-19)14-30-24(34)20-6-5-13-32(20)25(35)23(26(2,3)4)29-15-21(33)27(28)11-12-27;1-2/h7,11-14,18-19,21H,2-6,8-10,15-17,30H2,1H3;7-10,16,20,23,29H,5-6,11-15H2,1-4H3,(H,30,34);1-2H3. The number of nitrogens with two attached hydrogens (primary N) is 1. The number of carbonyl (C=O) groups excluding carboxylic acids is 3. The highest BCUT2D eigenvalue weighted by Crippen LogP contribution is 2.41. The van der Waals surface area contributed by atoms with E-state index < -0.39 is 29.0 Å². The number of aromatic nitrogens is 4. The molecule has 3 unspecified atom stereocenters. The molecular weight excluding hydrogens is 1010 g/mol. The highest BCUT2D eigenvalue weighted by molar-refractivity contribution is 9.10. The summed E-state index contributed by atoms with van der Waals surface area (Å²) in [4.78, 5) is 63.6. The molecule has 4 N–H and O–H groups in total. The minimum atomic E-state index is -1.73. The number of thiazole rings is 1. The van der Waals surface area contributed by atoms with Gasteiger partial charge in [-0.25, -0.2) is 9.37 Å². The third kappa shape index (κ3) is 13.0. The number of ketones is 1. The SMILES string of the molecule is CC.COCCCCCC(CCN)c1ccc2c(c1)n(C1CCCC1)c1nc(=O)c3c(Br)cccc3n21.Cc1ncsc1-c1ccc(CNC(=O)C2CCCN2C(=O)C(NCC(=O)C2(F)CC2)C(C)(C)C)cc1. The van der Waals surface area contributed by atoms with E-state index in [0.29, 0.717) is 43.4 Å². The monoisotopic (exact) mass is 1080 g/mol. The number of hydrogen-bond donors (Lipinski definition) is 3. The van der Waals surface area contributed by atoms with E-state index >= 15 is 0 Å². The number of hydrogen-bond acceptors (Lipinski definition) is 10. The summed E-state index contributed by atoms with van der Waals surface area (Å²) in [5.41, 5.74) is 13.0. The van der Waals surface area contributed by atoms with Gasteiger partial charge in [0.1, 0.15) is 6.04 Å². The summed E-state index contributed by atoms with van der Waals surface area (Å²) in [5, 5.41) is 6.62. The molecule has 1 aliphatic heterocycles. The molecule has 3 aromatic heterocycles. The van der Waals surface area contributed by atoms with Gasteiger partial charge in [-0.3, -0.25) is 28.9 Å². The number of nitrogens with one attached hydrogen (secondary N) is 2. The Labute approximate surface area is 442 Å². The summed E-state index contributed by atoms with van der Waals surface area (Å²) in [6.45, 7) is 13.9. The largest absolute Gasteiger partial charge is 0.385 e. The van der Waals surface area contributed by atoms with Crippen LogP contribution in [0.1, 0.15) is 147 Å². The molecular formula is C57H76BrFN8O5S. The highest BCUT2D eigenvalue weighted by atomic mass is 79.9. The van der Waals surface area contributed by atoms with Crippen LogP contribution in [0.25, 0.3) is 38.2 Å². The summed E-state index contributed by atoms with van der Waals surface area (Å²) in [7, 11) is 1.76. The molecule has 13 nitrogen and oxygen atoms in total. The number of methoxy groups -OCH3 is 1. The molecule has 394 valence electrons. The van der Waals surface area contributed by atoms with Gasteiger partial charge < -0.3 is 25.3 Å². The smallest absolute Gasteiger partial charge is 0.283 e. The Morgan fingerprint density at radius 3 is 2.36 bits per heavy atom. The molecule has 6 aromatic rings. The number of rotatable bonds is 19. The molecule has 9 rings (SSSR count). The van der Waals surface area contributed by atoms with Crippen molar-refractivity contribution < 1.29 is 23.5 Å². The lowest BCUT2D eigenvalue weighted by atomic mass is 9.85. The van der Waals surface area contributed by atoms with Crippen LogP contribution in [0.5, 0.6) is 0 Å². The Balaban J connectivity index is 0.000000207. The van der Waals surface area contributed by atoms with E-state index in [9.17, 15) is 23.6 Å². The lowest BCUT2D eigenvalue weighted by molar-refractivity contribution is -0.142. The number of fused-ring (bicyclic) bond motifs is 5. The number of imidazole rings is 1. The van der Waals surface area contributed by atoms with E-state index in [-0.39, 0.29) is 36.8 Å². The zero-order valence-electron chi connectivity index (χ0n) is 43.9. The molecule has 3 atom stereocenters. The van der Waals surface area contributed by atoms with E-state index in [1.54, 1.807) is 23.3 Å². The number of halogens is 2. The van der Waals surface area contributed by atoms with Crippen molar-refractivity contribution in [2.75, 3.05) is 33.4 Å². The first-order valence-electron chi connectivity index (χ1n) is 26.5. The van der Waals surface area contributed by atoms with Crippen molar-refractivity contribution in [3.05, 3.63) is 97.8 Å². The molecule has 0 radical (unpaired) electrons. The summed E-state index contributed by atoms with van der Waals surface area (Å²) in [5.74, 6) is 0.279. The number of carbonyl (C=O) groups is 3. The molecule has 0 spiro atoms. The summed E-state index contributed by atoms with van der Waals surface area (Å²) < 4.78 is 24.6. The predicted molar refractivity (Wildman–Crippen MR) is 296 cm³/mol. The molecule has 4 heterocycles. The van der Waals surface area contributed by atoms with Crippen LogP contribution in [0.15, 0.2) is 75.4 Å². The van der Waals surface area contributed by atoms with E-state index in [4.69, 9.17) is 10.5 Å². The predicted octanol–water partition coefficient (Wildman–Crippen LogP) is 11.1. The van der Waals surface area contributed by atoms with Crippen molar-refractivity contribution in [1.82, 2.24) is 34.5 Å². The van der Waals surface area contributed by atoms with Crippen molar-refractivity contribution in [1.29, 1.82) is 0 Å². The maximum absolute atomic E-state index is 14.1. The fourth-order valence-corrected chi connectivity index (χ4v) is 11.9. The van der Waals surface area contributed by atoms with Crippen LogP contribution >= 0.6 is 27.3 Å². The zero-order chi connectivity index (χ0) is 52.5. The fourth-order valence-electron chi connectivity index (χ4n) is 10.5. The number of likely N-dealkylation sites (tertiary alicyclic amines) is 1. The lowest BCUT2D eigenvalue weighted by Gasteiger charge is -2.35. The lowest BCUT2D eigenvalue weighted by Crippen LogP contribution is -2.57. The average Bonchev–Trinajstić information content (AvgIpc) is 3.90. The Kier molecular flexibility index (Phi) is 19.2. The van der Waals surface area contributed by atoms with Crippen molar-refractivity contribution in [2.45, 2.75) is 161 Å². The van der Waals surface area contributed by atoms with E-state index in [1.807, 2.05) is 89.5 Å². The fraction of sp³-hybridized carbons (Fsp3) is 0.544. The second-order valence-electron chi connectivity index (χ2n) is 20.8. The van der Waals surface area contributed by atoms with Gasteiger partial charge in [-0.1, -0.05) is 96.7 Å². The molecule has 16 heteroatoms. The molecule has 0 bridgehead atoms. The number of alkyl halides is 1. The van der Waals surface area contributed by atoms with Gasteiger partial charge in [-0.05, 0) is 139 Å². The highest BCUT2D eigenvalue weighted by Gasteiger charge is 2.50. The second kappa shape index (κ2) is 25.1. The number of nitrogens with zero attached hydrogens (tertiary/aromatic N) is 5. The molecule has 2 amide bonds. The molecule has 1 saturated heterocycles. The van der Waals surface area contributed by atoms with Gasteiger partial charge in [0.2, 0.25) is 17.6 Å². The summed E-state index contributed by atoms with van der Waals surface area (Å²) in [6.07, 6.45) is 12.1. The molecule has 73 heavy (non-hydrogen) atoms. The van der Waals surface area contributed by atoms with Gasteiger partial charge in [0.05, 0.1) is 50.6 Å². The van der Waals surface area contributed by atoms with Gasteiger partial charge in [0.25, 0.3) is 5.56 Å². The molecule has 3 aromatic carbocycles. The average molecular weight is 1080 g/mol. The van der Waals surface area contributed by atoms with Gasteiger partial charge in [-0.2, -0.15) is 4.98 Å². The Bertz CT molecular complexity index is 2900. The molecule has 2 saturated carbocycles. The molecule has 3 fully saturated rings. The topological polar surface area (TPSA) is 166 Å². The summed E-state index contributed by atoms with van der Waals surface area (Å²) in [6, 6.07) is 19.9. The van der Waals surface area contributed by atoms with Crippen molar-refractivity contribution in [3.8, 4) is 10.4 Å². The van der Waals surface area contributed by atoms with Crippen LogP contribution in [0.2, 0.25) is 0 Å². The van der Waals surface area contributed by atoms with Crippen LogP contribution in [0.4, 0.5) is 4.39 Å². The maximum atomic E-state index is 14.1. The van der Waals surface area contributed by atoms with Gasteiger partial charge in [-0.15, -0.1) is 11.3 Å². The summed E-state index contributed by atoms with van der Waals surface area (Å²) >= 11 is 5.18. The minimum Gasteiger partial charge on any atom is -0.385 e. The first kappa shape index (κ1) is 55.9. The molecule has 3 aliphatic rings. The van der Waals surface area contributed by atoms with Crippen LogP contribution < -0.4 is 21.9 Å². The quantitative estimate of drug-likeness (QED) is 0.0669. The van der Waals surface area contributed by atoms with Gasteiger partial charge in [0.15, 0.2) is 11.5 Å². The van der Waals surface area contributed by atoms with Crippen LogP contribution in [0.3, 0.4) is 0 Å². The minimum absolute atomic E-state index is 0.174. The van der Waals surface area contributed by atoms with Crippen LogP contribution in [-0.2, 0) is 25.7 Å². The van der Waals surface area contributed by atoms with Crippen LogP contribution in [0, 0.1) is 12.3 Å². The van der Waals surface area contributed by atoms with Crippen LogP contribution in [-0.4, -0.2) is 92.5 Å². The number of Topliss-reactive ketones (excluding diaryl/α,β-unsaturated/α-hetero) is 1. The van der Waals surface area contributed by atoms with Gasteiger partial charge in [0, 0.05) is 37.3 Å². The zero-order valence-corrected chi connectivity index (χ0v) is 46.3. The first-order valence-corrected chi connectivity index (χ1v) is 28.2. The van der Waals surface area contributed by atoms with E-state index in [1.165, 1.54) is 36.8 Å². The number of aryl methyl sites for hydroxylation is 1. The number of ether oxygens (including phenoxy) is 1. The van der Waals surface area contributed by atoms with Crippen molar-refractivity contribution in [2.24, 2.45) is 11.1 Å². The van der Waals surface area contributed by atoms with E-state index in [0.717, 1.165) is 88.1 Å². The van der Waals surface area contributed by atoms with Crippen molar-refractivity contribution >= 4 is 72.6 Å². The number of amides is 2. The Morgan fingerprint density at radius 1 is 0.959 bits per heavy atom. The third-order valence-corrected chi connectivity index (χ3v) is 16.3. The number of unbranched alkanes of at least 4 members (excludes halogenated alkanes) is 2. The first-order chi connectivity index (χ1) is 35.1. The Hall–Kier alpha value is -4.87. The number of benzene rings is 3. The van der Waals surface area contributed by atoms with Gasteiger partial charge >= 0.3 is 0 Å².